The van der Waals surface area contributed by atoms with Crippen LogP contribution in [0.4, 0.5) is 5.69 Å². The Morgan fingerprint density at radius 2 is 1.70 bits per heavy atom. The van der Waals surface area contributed by atoms with Crippen molar-refractivity contribution >= 4 is 17.4 Å². The molecule has 0 N–H and O–H groups in total. The molecule has 1 aliphatic heterocycles. The number of aryl methyl sites for hydroxylation is 1. The van der Waals surface area contributed by atoms with Gasteiger partial charge < -0.3 is 9.80 Å². The number of aromatic nitrogens is 3. The van der Waals surface area contributed by atoms with Crippen LogP contribution in [0.2, 0.25) is 0 Å². The Hall–Kier alpha value is -2.70. The second kappa shape index (κ2) is 6.20. The maximum atomic E-state index is 12.3. The lowest BCUT2D eigenvalue weighted by Gasteiger charge is -2.35. The van der Waals surface area contributed by atoms with E-state index >= 15 is 0 Å². The van der Waals surface area contributed by atoms with E-state index in [1.165, 1.54) is 4.68 Å². The third kappa shape index (κ3) is 3.23. The fourth-order valence-electron chi connectivity index (χ4n) is 2.68. The van der Waals surface area contributed by atoms with Gasteiger partial charge in [0.05, 0.1) is 6.20 Å². The molecule has 7 heteroatoms. The number of rotatable bonds is 3. The van der Waals surface area contributed by atoms with E-state index < -0.39 is 0 Å². The van der Waals surface area contributed by atoms with E-state index in [1.54, 1.807) is 25.1 Å². The van der Waals surface area contributed by atoms with Gasteiger partial charge in [0, 0.05) is 44.5 Å². The van der Waals surface area contributed by atoms with Gasteiger partial charge in [0.1, 0.15) is 0 Å². The summed E-state index contributed by atoms with van der Waals surface area (Å²) in [5.74, 6) is -0.0133. The zero-order chi connectivity index (χ0) is 16.4. The average Bonchev–Trinajstić information content (AvgIpc) is 3.01. The SMILES string of the molecule is CC(=O)c1ccc(N2CCN(C(=O)c3cn(C)nn3)CC2)cc1. The number of carbonyl (C=O) groups is 2. The molecule has 1 aliphatic rings. The smallest absolute Gasteiger partial charge is 0.276 e. The van der Waals surface area contributed by atoms with Crippen molar-refractivity contribution in [2.24, 2.45) is 7.05 Å². The van der Waals surface area contributed by atoms with Crippen molar-refractivity contribution in [1.82, 2.24) is 19.9 Å². The highest BCUT2D eigenvalue weighted by molar-refractivity contribution is 5.94. The first-order valence-electron chi connectivity index (χ1n) is 7.56. The van der Waals surface area contributed by atoms with E-state index in [9.17, 15) is 9.59 Å². The zero-order valence-corrected chi connectivity index (χ0v) is 13.3. The van der Waals surface area contributed by atoms with Gasteiger partial charge in [-0.05, 0) is 31.2 Å². The lowest BCUT2D eigenvalue weighted by atomic mass is 10.1. The minimum absolute atomic E-state index is 0.0657. The molecule has 0 unspecified atom stereocenters. The molecule has 2 aromatic rings. The molecule has 0 saturated carbocycles. The second-order valence-electron chi connectivity index (χ2n) is 5.66. The van der Waals surface area contributed by atoms with Gasteiger partial charge in [0.15, 0.2) is 11.5 Å². The van der Waals surface area contributed by atoms with Crippen LogP contribution in [0.3, 0.4) is 0 Å². The van der Waals surface area contributed by atoms with Crippen molar-refractivity contribution in [3.05, 3.63) is 41.7 Å². The lowest BCUT2D eigenvalue weighted by Crippen LogP contribution is -2.48. The lowest BCUT2D eigenvalue weighted by molar-refractivity contribution is 0.0740. The number of carbonyl (C=O) groups excluding carboxylic acids is 2. The van der Waals surface area contributed by atoms with Crippen molar-refractivity contribution in [1.29, 1.82) is 0 Å². The van der Waals surface area contributed by atoms with E-state index in [4.69, 9.17) is 0 Å². The molecule has 1 fully saturated rings. The number of hydrogen-bond donors (Lipinski definition) is 0. The van der Waals surface area contributed by atoms with E-state index in [0.717, 1.165) is 18.8 Å². The van der Waals surface area contributed by atoms with Gasteiger partial charge in [-0.3, -0.25) is 14.3 Å². The summed E-state index contributed by atoms with van der Waals surface area (Å²) in [7, 11) is 1.74. The Kier molecular flexibility index (Phi) is 4.10. The monoisotopic (exact) mass is 313 g/mol. The van der Waals surface area contributed by atoms with Crippen LogP contribution in [0.5, 0.6) is 0 Å². The standard InChI is InChI=1S/C16H19N5O2/c1-12(22)13-3-5-14(6-4-13)20-7-9-21(10-8-20)16(23)15-11-19(2)18-17-15/h3-6,11H,7-10H2,1-2H3. The molecule has 1 amide bonds. The van der Waals surface area contributed by atoms with Crippen molar-refractivity contribution in [2.75, 3.05) is 31.1 Å². The number of amides is 1. The summed E-state index contributed by atoms with van der Waals surface area (Å²) < 4.78 is 1.53. The molecule has 0 atom stereocenters. The minimum atomic E-state index is -0.0790. The molecule has 120 valence electrons. The van der Waals surface area contributed by atoms with E-state index in [2.05, 4.69) is 15.2 Å². The topological polar surface area (TPSA) is 71.3 Å². The first-order valence-corrected chi connectivity index (χ1v) is 7.56. The normalized spacial score (nSPS) is 14.9. The van der Waals surface area contributed by atoms with Crippen LogP contribution in [0, 0.1) is 0 Å². The van der Waals surface area contributed by atoms with Gasteiger partial charge in [0.25, 0.3) is 5.91 Å². The Balaban J connectivity index is 1.61. The molecular weight excluding hydrogens is 294 g/mol. The number of piperazine rings is 1. The highest BCUT2D eigenvalue weighted by atomic mass is 16.2. The molecule has 0 radical (unpaired) electrons. The molecular formula is C16H19N5O2. The summed E-state index contributed by atoms with van der Waals surface area (Å²) in [6.45, 7) is 4.36. The van der Waals surface area contributed by atoms with E-state index in [-0.39, 0.29) is 11.7 Å². The molecule has 1 saturated heterocycles. The van der Waals surface area contributed by atoms with Gasteiger partial charge in [0.2, 0.25) is 0 Å². The Morgan fingerprint density at radius 1 is 1.04 bits per heavy atom. The Labute approximate surface area is 134 Å². The van der Waals surface area contributed by atoms with Gasteiger partial charge in [-0.2, -0.15) is 0 Å². The summed E-state index contributed by atoms with van der Waals surface area (Å²) in [5, 5.41) is 7.67. The second-order valence-corrected chi connectivity index (χ2v) is 5.66. The molecule has 1 aromatic carbocycles. The van der Waals surface area contributed by atoms with Crippen molar-refractivity contribution in [3.8, 4) is 0 Å². The summed E-state index contributed by atoms with van der Waals surface area (Å²) >= 11 is 0. The Morgan fingerprint density at radius 3 is 2.22 bits per heavy atom. The fourth-order valence-corrected chi connectivity index (χ4v) is 2.68. The van der Waals surface area contributed by atoms with Crippen molar-refractivity contribution < 1.29 is 9.59 Å². The van der Waals surface area contributed by atoms with Crippen LogP contribution in [0.1, 0.15) is 27.8 Å². The van der Waals surface area contributed by atoms with Gasteiger partial charge in [-0.15, -0.1) is 5.10 Å². The molecule has 0 aliphatic carbocycles. The molecule has 2 heterocycles. The highest BCUT2D eigenvalue weighted by Crippen LogP contribution is 2.18. The van der Waals surface area contributed by atoms with E-state index in [1.807, 2.05) is 24.3 Å². The number of nitrogens with zero attached hydrogens (tertiary/aromatic N) is 5. The van der Waals surface area contributed by atoms with Crippen LogP contribution in [-0.4, -0.2) is 57.8 Å². The van der Waals surface area contributed by atoms with Gasteiger partial charge >= 0.3 is 0 Å². The summed E-state index contributed by atoms with van der Waals surface area (Å²) in [6.07, 6.45) is 1.63. The van der Waals surface area contributed by atoms with Crippen LogP contribution in [-0.2, 0) is 7.05 Å². The summed E-state index contributed by atoms with van der Waals surface area (Å²) in [6, 6.07) is 7.59. The largest absolute Gasteiger partial charge is 0.368 e. The van der Waals surface area contributed by atoms with Crippen LogP contribution >= 0.6 is 0 Å². The third-order valence-corrected chi connectivity index (χ3v) is 4.03. The maximum Gasteiger partial charge on any atom is 0.276 e. The summed E-state index contributed by atoms with van der Waals surface area (Å²) in [4.78, 5) is 27.7. The predicted octanol–water partition coefficient (Wildman–Crippen LogP) is 0.980. The number of ketones is 1. The number of hydrogen-bond acceptors (Lipinski definition) is 5. The van der Waals surface area contributed by atoms with Gasteiger partial charge in [-0.25, -0.2) is 0 Å². The molecule has 7 nitrogen and oxygen atoms in total. The Bertz CT molecular complexity index is 714. The molecule has 0 spiro atoms. The third-order valence-electron chi connectivity index (χ3n) is 4.03. The number of Topliss-reactive ketones (excluding diaryl/α,β-unsaturated/α-hetero) is 1. The van der Waals surface area contributed by atoms with Crippen molar-refractivity contribution in [2.45, 2.75) is 6.92 Å². The maximum absolute atomic E-state index is 12.3. The predicted molar refractivity (Wildman–Crippen MR) is 85.6 cm³/mol. The number of benzene rings is 1. The molecule has 0 bridgehead atoms. The summed E-state index contributed by atoms with van der Waals surface area (Å²) in [5.41, 5.74) is 2.17. The zero-order valence-electron chi connectivity index (χ0n) is 13.3. The minimum Gasteiger partial charge on any atom is -0.368 e. The molecule has 23 heavy (non-hydrogen) atoms. The quantitative estimate of drug-likeness (QED) is 0.790. The first kappa shape index (κ1) is 15.2. The van der Waals surface area contributed by atoms with Crippen LogP contribution in [0.25, 0.3) is 0 Å². The van der Waals surface area contributed by atoms with Crippen LogP contribution in [0.15, 0.2) is 30.5 Å². The fraction of sp³-hybridized carbons (Fsp3) is 0.375. The highest BCUT2D eigenvalue weighted by Gasteiger charge is 2.24. The number of anilines is 1. The van der Waals surface area contributed by atoms with Crippen molar-refractivity contribution in [3.63, 3.8) is 0 Å². The molecule has 3 rings (SSSR count). The van der Waals surface area contributed by atoms with E-state index in [0.29, 0.717) is 24.3 Å². The average molecular weight is 313 g/mol. The van der Waals surface area contributed by atoms with Crippen LogP contribution < -0.4 is 4.90 Å². The van der Waals surface area contributed by atoms with Gasteiger partial charge in [-0.1, -0.05) is 5.21 Å². The first-order chi connectivity index (χ1) is 11.0. The molecule has 1 aromatic heterocycles.